The fourth-order valence-electron chi connectivity index (χ4n) is 1.82. The standard InChI is InChI=1S/C15H19BrO4/c16-13-8-7-12(11-17)14(10-13)20-9-5-3-1-2-4-6-15(18)19/h7-8,10-11H,1-6,9H2,(H,18,19). The molecule has 0 atom stereocenters. The molecule has 0 aliphatic carbocycles. The maximum absolute atomic E-state index is 10.9. The maximum Gasteiger partial charge on any atom is 0.303 e. The third-order valence-electron chi connectivity index (χ3n) is 2.90. The van der Waals surface area contributed by atoms with Crippen molar-refractivity contribution in [2.75, 3.05) is 6.61 Å². The first kappa shape index (κ1) is 16.7. The van der Waals surface area contributed by atoms with Crippen molar-refractivity contribution >= 4 is 28.2 Å². The van der Waals surface area contributed by atoms with E-state index in [4.69, 9.17) is 9.84 Å². The van der Waals surface area contributed by atoms with E-state index in [-0.39, 0.29) is 6.42 Å². The molecule has 0 saturated carbocycles. The molecule has 0 heterocycles. The Balaban J connectivity index is 2.16. The van der Waals surface area contributed by atoms with Gasteiger partial charge >= 0.3 is 5.97 Å². The average Bonchev–Trinajstić information content (AvgIpc) is 2.41. The first-order valence-electron chi connectivity index (χ1n) is 6.73. The van der Waals surface area contributed by atoms with Gasteiger partial charge < -0.3 is 9.84 Å². The Morgan fingerprint density at radius 2 is 1.90 bits per heavy atom. The monoisotopic (exact) mass is 342 g/mol. The summed E-state index contributed by atoms with van der Waals surface area (Å²) in [4.78, 5) is 21.2. The third-order valence-corrected chi connectivity index (χ3v) is 3.39. The second kappa shape index (κ2) is 9.53. The van der Waals surface area contributed by atoms with Crippen LogP contribution in [-0.4, -0.2) is 24.0 Å². The second-order valence-corrected chi connectivity index (χ2v) is 5.48. The van der Waals surface area contributed by atoms with E-state index in [0.717, 1.165) is 42.9 Å². The SMILES string of the molecule is O=Cc1ccc(Br)cc1OCCCCCCCC(=O)O. The number of aldehydes is 1. The number of rotatable bonds is 10. The number of hydrogen-bond donors (Lipinski definition) is 1. The number of halogens is 1. The highest BCUT2D eigenvalue weighted by Gasteiger charge is 2.03. The van der Waals surface area contributed by atoms with Crippen molar-refractivity contribution in [3.63, 3.8) is 0 Å². The van der Waals surface area contributed by atoms with Crippen molar-refractivity contribution in [3.8, 4) is 5.75 Å². The minimum Gasteiger partial charge on any atom is -0.493 e. The largest absolute Gasteiger partial charge is 0.493 e. The molecule has 0 amide bonds. The highest BCUT2D eigenvalue weighted by atomic mass is 79.9. The Hall–Kier alpha value is -1.36. The summed E-state index contributed by atoms with van der Waals surface area (Å²) >= 11 is 3.34. The van der Waals surface area contributed by atoms with Crippen molar-refractivity contribution in [1.29, 1.82) is 0 Å². The summed E-state index contributed by atoms with van der Waals surface area (Å²) < 4.78 is 6.48. The van der Waals surface area contributed by atoms with Gasteiger partial charge in [0.1, 0.15) is 5.75 Å². The number of carbonyl (C=O) groups is 2. The lowest BCUT2D eigenvalue weighted by atomic mass is 10.1. The van der Waals surface area contributed by atoms with Crippen LogP contribution in [0.15, 0.2) is 22.7 Å². The maximum atomic E-state index is 10.9. The predicted octanol–water partition coefficient (Wildman–Crippen LogP) is 4.07. The van der Waals surface area contributed by atoms with Crippen molar-refractivity contribution < 1.29 is 19.4 Å². The zero-order valence-electron chi connectivity index (χ0n) is 11.3. The molecule has 0 aliphatic heterocycles. The molecule has 0 unspecified atom stereocenters. The van der Waals surface area contributed by atoms with E-state index < -0.39 is 5.97 Å². The molecule has 4 nitrogen and oxygen atoms in total. The van der Waals surface area contributed by atoms with E-state index in [1.54, 1.807) is 18.2 Å². The van der Waals surface area contributed by atoms with E-state index in [1.807, 2.05) is 0 Å². The number of unbranched alkanes of at least 4 members (excludes halogenated alkanes) is 4. The lowest BCUT2D eigenvalue weighted by molar-refractivity contribution is -0.137. The normalized spacial score (nSPS) is 10.2. The highest BCUT2D eigenvalue weighted by Crippen LogP contribution is 2.22. The Kier molecular flexibility index (Phi) is 7.95. The molecule has 0 spiro atoms. The highest BCUT2D eigenvalue weighted by molar-refractivity contribution is 9.10. The summed E-state index contributed by atoms with van der Waals surface area (Å²) in [6.07, 6.45) is 5.61. The van der Waals surface area contributed by atoms with E-state index in [9.17, 15) is 9.59 Å². The molecule has 5 heteroatoms. The third kappa shape index (κ3) is 6.70. The molecule has 0 saturated heterocycles. The summed E-state index contributed by atoms with van der Waals surface area (Å²) in [5.41, 5.74) is 0.551. The Morgan fingerprint density at radius 1 is 1.20 bits per heavy atom. The molecule has 0 aliphatic rings. The molecule has 0 fully saturated rings. The molecule has 0 aromatic heterocycles. The topological polar surface area (TPSA) is 63.6 Å². The fourth-order valence-corrected chi connectivity index (χ4v) is 2.16. The van der Waals surface area contributed by atoms with Gasteiger partial charge in [-0.15, -0.1) is 0 Å². The van der Waals surface area contributed by atoms with Gasteiger partial charge in [0.15, 0.2) is 6.29 Å². The van der Waals surface area contributed by atoms with Crippen LogP contribution >= 0.6 is 15.9 Å². The van der Waals surface area contributed by atoms with Gasteiger partial charge in [-0.25, -0.2) is 0 Å². The smallest absolute Gasteiger partial charge is 0.303 e. The van der Waals surface area contributed by atoms with Gasteiger partial charge in [0, 0.05) is 10.9 Å². The van der Waals surface area contributed by atoms with Crippen LogP contribution in [0.2, 0.25) is 0 Å². The number of hydrogen-bond acceptors (Lipinski definition) is 3. The van der Waals surface area contributed by atoms with Crippen LogP contribution in [0.1, 0.15) is 48.9 Å². The van der Waals surface area contributed by atoms with Crippen molar-refractivity contribution in [3.05, 3.63) is 28.2 Å². The van der Waals surface area contributed by atoms with Crippen LogP contribution in [0.3, 0.4) is 0 Å². The molecule has 1 aromatic carbocycles. The number of benzene rings is 1. The van der Waals surface area contributed by atoms with Gasteiger partial charge in [0.05, 0.1) is 12.2 Å². The predicted molar refractivity (Wildman–Crippen MR) is 80.4 cm³/mol. The number of aliphatic carboxylic acids is 1. The molecule has 0 radical (unpaired) electrons. The summed E-state index contributed by atoms with van der Waals surface area (Å²) in [6, 6.07) is 5.31. The zero-order valence-corrected chi connectivity index (χ0v) is 12.9. The molecule has 0 bridgehead atoms. The van der Waals surface area contributed by atoms with Gasteiger partial charge in [-0.2, -0.15) is 0 Å². The summed E-state index contributed by atoms with van der Waals surface area (Å²) in [5, 5.41) is 8.50. The summed E-state index contributed by atoms with van der Waals surface area (Å²) in [5.74, 6) is -0.135. The summed E-state index contributed by atoms with van der Waals surface area (Å²) in [7, 11) is 0. The number of carboxylic acids is 1. The van der Waals surface area contributed by atoms with Gasteiger partial charge in [0.2, 0.25) is 0 Å². The minimum atomic E-state index is -0.732. The molecule has 1 N–H and O–H groups in total. The van der Waals surface area contributed by atoms with Crippen LogP contribution in [0, 0.1) is 0 Å². The Morgan fingerprint density at radius 3 is 2.60 bits per heavy atom. The van der Waals surface area contributed by atoms with Gasteiger partial charge in [-0.3, -0.25) is 9.59 Å². The molecular weight excluding hydrogens is 324 g/mol. The number of ether oxygens (including phenoxy) is 1. The first-order valence-corrected chi connectivity index (χ1v) is 7.52. The van der Waals surface area contributed by atoms with E-state index in [0.29, 0.717) is 17.9 Å². The van der Waals surface area contributed by atoms with Crippen molar-refractivity contribution in [1.82, 2.24) is 0 Å². The molecule has 20 heavy (non-hydrogen) atoms. The van der Waals surface area contributed by atoms with Gasteiger partial charge in [-0.1, -0.05) is 35.2 Å². The van der Waals surface area contributed by atoms with E-state index in [2.05, 4.69) is 15.9 Å². The molecule has 1 aromatic rings. The second-order valence-electron chi connectivity index (χ2n) is 4.56. The van der Waals surface area contributed by atoms with Gasteiger partial charge in [-0.05, 0) is 31.0 Å². The van der Waals surface area contributed by atoms with Crippen LogP contribution in [0.25, 0.3) is 0 Å². The Labute approximate surface area is 127 Å². The lowest BCUT2D eigenvalue weighted by Gasteiger charge is -2.08. The first-order chi connectivity index (χ1) is 9.63. The van der Waals surface area contributed by atoms with Crippen molar-refractivity contribution in [2.45, 2.75) is 38.5 Å². The molecular formula is C15H19BrO4. The lowest BCUT2D eigenvalue weighted by Crippen LogP contribution is -2.00. The van der Waals surface area contributed by atoms with E-state index in [1.165, 1.54) is 0 Å². The van der Waals surface area contributed by atoms with Crippen molar-refractivity contribution in [2.24, 2.45) is 0 Å². The van der Waals surface area contributed by atoms with Crippen LogP contribution in [-0.2, 0) is 4.79 Å². The molecule has 1 rings (SSSR count). The molecule has 110 valence electrons. The number of carboxylic acid groups (broad SMARTS) is 1. The zero-order chi connectivity index (χ0) is 14.8. The van der Waals surface area contributed by atoms with Crippen LogP contribution in [0.5, 0.6) is 5.75 Å². The quantitative estimate of drug-likeness (QED) is 0.514. The van der Waals surface area contributed by atoms with Gasteiger partial charge in [0.25, 0.3) is 0 Å². The van der Waals surface area contributed by atoms with Crippen LogP contribution in [0.4, 0.5) is 0 Å². The van der Waals surface area contributed by atoms with Crippen LogP contribution < -0.4 is 4.74 Å². The Bertz CT molecular complexity index is 445. The summed E-state index contributed by atoms with van der Waals surface area (Å²) in [6.45, 7) is 0.566. The fraction of sp³-hybridized carbons (Fsp3) is 0.467. The number of carbonyl (C=O) groups excluding carboxylic acids is 1. The average molecular weight is 343 g/mol. The minimum absolute atomic E-state index is 0.247. The van der Waals surface area contributed by atoms with E-state index >= 15 is 0 Å².